The molecule has 0 saturated heterocycles. The fourth-order valence-electron chi connectivity index (χ4n) is 3.83. The van der Waals surface area contributed by atoms with Crippen LogP contribution >= 0.6 is 0 Å². The van der Waals surface area contributed by atoms with Gasteiger partial charge in [0.15, 0.2) is 0 Å². The summed E-state index contributed by atoms with van der Waals surface area (Å²) >= 11 is 0. The molecule has 0 fully saturated rings. The van der Waals surface area contributed by atoms with Gasteiger partial charge in [-0.1, -0.05) is 104 Å². The van der Waals surface area contributed by atoms with Gasteiger partial charge in [-0.15, -0.1) is 0 Å². The number of hydrogen-bond acceptors (Lipinski definition) is 4. The molecule has 31 heavy (non-hydrogen) atoms. The molecule has 0 heterocycles. The fraction of sp³-hybridized carbons (Fsp3) is 0.923. The molecule has 0 aromatic carbocycles. The average Bonchev–Trinajstić information content (AvgIpc) is 2.75. The number of ether oxygens (including phenoxy) is 1. The van der Waals surface area contributed by atoms with E-state index in [4.69, 9.17) is 9.84 Å². The van der Waals surface area contributed by atoms with E-state index in [1.165, 1.54) is 77.0 Å². The van der Waals surface area contributed by atoms with E-state index >= 15 is 0 Å². The molecule has 0 aliphatic rings. The summed E-state index contributed by atoms with van der Waals surface area (Å²) in [6, 6.07) is 0. The zero-order chi connectivity index (χ0) is 23.0. The Morgan fingerprint density at radius 3 is 1.74 bits per heavy atom. The number of nitrogens with one attached hydrogen (secondary N) is 1. The Bertz CT molecular complexity index is 414. The number of carbonyl (C=O) groups excluding carboxylic acids is 2. The van der Waals surface area contributed by atoms with Crippen LogP contribution in [-0.2, 0) is 14.3 Å². The molecule has 1 amide bonds. The van der Waals surface area contributed by atoms with Crippen molar-refractivity contribution in [3.63, 3.8) is 0 Å². The van der Waals surface area contributed by atoms with Gasteiger partial charge in [-0.05, 0) is 19.3 Å². The molecular weight excluding hydrogens is 390 g/mol. The third kappa shape index (κ3) is 21.9. The van der Waals surface area contributed by atoms with Gasteiger partial charge in [0.2, 0.25) is 5.91 Å². The number of esters is 1. The Morgan fingerprint density at radius 1 is 0.742 bits per heavy atom. The van der Waals surface area contributed by atoms with Gasteiger partial charge in [0, 0.05) is 13.0 Å². The molecule has 0 aromatic rings. The second kappa shape index (κ2) is 23.6. The highest BCUT2D eigenvalue weighted by molar-refractivity contribution is 5.77. The lowest BCUT2D eigenvalue weighted by molar-refractivity contribution is -0.151. The normalized spacial score (nSPS) is 12.0. The van der Waals surface area contributed by atoms with Crippen molar-refractivity contribution < 1.29 is 19.4 Å². The predicted octanol–water partition coefficient (Wildman–Crippen LogP) is 6.46. The highest BCUT2D eigenvalue weighted by Gasteiger charge is 2.18. The van der Waals surface area contributed by atoms with Crippen LogP contribution in [0.2, 0.25) is 0 Å². The van der Waals surface area contributed by atoms with Gasteiger partial charge in [0.25, 0.3) is 0 Å². The van der Waals surface area contributed by atoms with Crippen LogP contribution < -0.4 is 5.32 Å². The molecule has 2 N–H and O–H groups in total. The first-order valence-corrected chi connectivity index (χ1v) is 13.2. The minimum atomic E-state index is -0.347. The number of aliphatic hydroxyl groups is 1. The zero-order valence-corrected chi connectivity index (χ0v) is 20.6. The van der Waals surface area contributed by atoms with Crippen LogP contribution in [0.4, 0.5) is 0 Å². The van der Waals surface area contributed by atoms with Crippen LogP contribution in [0.25, 0.3) is 0 Å². The molecule has 184 valence electrons. The molecule has 0 rings (SSSR count). The molecule has 0 spiro atoms. The topological polar surface area (TPSA) is 75.6 Å². The maximum Gasteiger partial charge on any atom is 0.306 e. The van der Waals surface area contributed by atoms with E-state index in [9.17, 15) is 9.59 Å². The molecule has 1 atom stereocenters. The van der Waals surface area contributed by atoms with Crippen molar-refractivity contribution in [2.45, 2.75) is 142 Å². The number of unbranched alkanes of at least 4 members (excludes halogenated alkanes) is 14. The van der Waals surface area contributed by atoms with Crippen LogP contribution in [0.1, 0.15) is 136 Å². The largest absolute Gasteiger partial charge is 0.462 e. The van der Waals surface area contributed by atoms with E-state index in [0.29, 0.717) is 6.42 Å². The smallest absolute Gasteiger partial charge is 0.306 e. The van der Waals surface area contributed by atoms with Crippen molar-refractivity contribution in [2.24, 2.45) is 0 Å². The van der Waals surface area contributed by atoms with Crippen LogP contribution in [0.15, 0.2) is 0 Å². The van der Waals surface area contributed by atoms with Gasteiger partial charge in [-0.3, -0.25) is 9.59 Å². The first-order chi connectivity index (χ1) is 15.1. The lowest BCUT2D eigenvalue weighted by Gasteiger charge is -2.18. The summed E-state index contributed by atoms with van der Waals surface area (Å²) in [7, 11) is 0. The molecular formula is C26H51NO4. The molecule has 1 unspecified atom stereocenters. The van der Waals surface area contributed by atoms with E-state index in [0.717, 1.165) is 32.1 Å². The van der Waals surface area contributed by atoms with Gasteiger partial charge in [-0.25, -0.2) is 0 Å². The van der Waals surface area contributed by atoms with Gasteiger partial charge in [0.1, 0.15) is 6.10 Å². The molecule has 0 aliphatic heterocycles. The molecule has 5 nitrogen and oxygen atoms in total. The lowest BCUT2D eigenvalue weighted by atomic mass is 10.0. The average molecular weight is 442 g/mol. The Labute approximate surface area is 192 Å². The van der Waals surface area contributed by atoms with E-state index in [-0.39, 0.29) is 37.6 Å². The van der Waals surface area contributed by atoms with Crippen molar-refractivity contribution >= 4 is 11.9 Å². The Balaban J connectivity index is 4.08. The van der Waals surface area contributed by atoms with Crippen molar-refractivity contribution in [3.05, 3.63) is 0 Å². The van der Waals surface area contributed by atoms with E-state index < -0.39 is 0 Å². The van der Waals surface area contributed by atoms with Crippen molar-refractivity contribution in [3.8, 4) is 0 Å². The first kappa shape index (κ1) is 29.9. The van der Waals surface area contributed by atoms with Crippen LogP contribution in [0.3, 0.4) is 0 Å². The summed E-state index contributed by atoms with van der Waals surface area (Å²) in [5.41, 5.74) is 0. The van der Waals surface area contributed by atoms with Crippen LogP contribution in [0, 0.1) is 0 Å². The minimum absolute atomic E-state index is 0.0767. The molecule has 0 aromatic heterocycles. The van der Waals surface area contributed by atoms with Crippen LogP contribution in [0.5, 0.6) is 0 Å². The number of carbonyl (C=O) groups is 2. The standard InChI is InChI=1S/C26H51NO4/c1-3-5-7-9-11-12-14-15-17-19-24(23-25(29)27-21-22-28)31-26(30)20-18-16-13-10-8-6-4-2/h24,28H,3-23H2,1-2H3,(H,27,29). The summed E-state index contributed by atoms with van der Waals surface area (Å²) in [5.74, 6) is -0.330. The number of aliphatic hydroxyl groups excluding tert-OH is 1. The number of amides is 1. The zero-order valence-electron chi connectivity index (χ0n) is 20.6. The highest BCUT2D eigenvalue weighted by atomic mass is 16.5. The maximum absolute atomic E-state index is 12.3. The summed E-state index contributed by atoms with van der Waals surface area (Å²) in [4.78, 5) is 24.3. The number of rotatable bonds is 23. The Kier molecular flexibility index (Phi) is 22.7. The summed E-state index contributed by atoms with van der Waals surface area (Å²) in [6.07, 6.45) is 20.4. The van der Waals surface area contributed by atoms with E-state index in [2.05, 4.69) is 19.2 Å². The highest BCUT2D eigenvalue weighted by Crippen LogP contribution is 2.16. The monoisotopic (exact) mass is 441 g/mol. The molecule has 0 radical (unpaired) electrons. The van der Waals surface area contributed by atoms with Gasteiger partial charge < -0.3 is 15.2 Å². The van der Waals surface area contributed by atoms with Crippen molar-refractivity contribution in [1.29, 1.82) is 0 Å². The quantitative estimate of drug-likeness (QED) is 0.141. The minimum Gasteiger partial charge on any atom is -0.462 e. The summed E-state index contributed by atoms with van der Waals surface area (Å²) in [5, 5.41) is 11.5. The number of hydrogen-bond donors (Lipinski definition) is 2. The van der Waals surface area contributed by atoms with Crippen LogP contribution in [-0.4, -0.2) is 36.2 Å². The van der Waals surface area contributed by atoms with Gasteiger partial charge in [-0.2, -0.15) is 0 Å². The van der Waals surface area contributed by atoms with E-state index in [1.54, 1.807) is 0 Å². The Morgan fingerprint density at radius 2 is 1.23 bits per heavy atom. The third-order valence-corrected chi connectivity index (χ3v) is 5.76. The Hall–Kier alpha value is -1.10. The second-order valence-corrected chi connectivity index (χ2v) is 8.88. The summed E-state index contributed by atoms with van der Waals surface area (Å²) < 4.78 is 5.66. The fourth-order valence-corrected chi connectivity index (χ4v) is 3.83. The molecule has 0 bridgehead atoms. The lowest BCUT2D eigenvalue weighted by Crippen LogP contribution is -2.31. The van der Waals surface area contributed by atoms with Gasteiger partial charge >= 0.3 is 5.97 Å². The third-order valence-electron chi connectivity index (χ3n) is 5.76. The predicted molar refractivity (Wildman–Crippen MR) is 129 cm³/mol. The molecule has 0 saturated carbocycles. The summed E-state index contributed by atoms with van der Waals surface area (Å²) in [6.45, 7) is 4.62. The SMILES string of the molecule is CCCCCCCCCCCC(CC(=O)NCCO)OC(=O)CCCCCCCCC. The second-order valence-electron chi connectivity index (χ2n) is 8.88. The molecule has 5 heteroatoms. The maximum atomic E-state index is 12.3. The van der Waals surface area contributed by atoms with E-state index in [1.807, 2.05) is 0 Å². The van der Waals surface area contributed by atoms with Crippen molar-refractivity contribution in [2.75, 3.05) is 13.2 Å². The first-order valence-electron chi connectivity index (χ1n) is 13.2. The van der Waals surface area contributed by atoms with Gasteiger partial charge in [0.05, 0.1) is 13.0 Å². The van der Waals surface area contributed by atoms with Crippen molar-refractivity contribution in [1.82, 2.24) is 5.32 Å². The molecule has 0 aliphatic carbocycles.